The number of aromatic nitrogens is 2. The lowest BCUT2D eigenvalue weighted by atomic mass is 10.2. The van der Waals surface area contributed by atoms with Gasteiger partial charge in [0.25, 0.3) is 5.56 Å². The first-order valence-electron chi connectivity index (χ1n) is 6.75. The molecular formula is C16H9Cl3N2O3. The summed E-state index contributed by atoms with van der Waals surface area (Å²) in [6.07, 6.45) is 1.29. The van der Waals surface area contributed by atoms with Crippen LogP contribution < -0.4 is 10.3 Å². The first kappa shape index (κ1) is 16.8. The van der Waals surface area contributed by atoms with E-state index in [1.54, 1.807) is 24.3 Å². The van der Waals surface area contributed by atoms with Crippen LogP contribution in [0.4, 0.5) is 0 Å². The van der Waals surface area contributed by atoms with E-state index in [0.717, 1.165) is 4.57 Å². The number of hydrogen-bond donors (Lipinski definition) is 0. The maximum Gasteiger partial charge on any atom is 0.331 e. The van der Waals surface area contributed by atoms with Crippen molar-refractivity contribution < 1.29 is 9.53 Å². The normalized spacial score (nSPS) is 10.8. The standard InChI is InChI=1S/C16H9Cl3N2O3/c17-10-5-12(19)14(6-11(10)18)24-15(22)7-21-8-20-13-4-2-1-3-9(13)16(21)23/h1-6,8H,7H2. The minimum Gasteiger partial charge on any atom is -0.424 e. The second-order valence-corrected chi connectivity index (χ2v) is 6.09. The van der Waals surface area contributed by atoms with Crippen molar-refractivity contribution in [3.05, 3.63) is 68.1 Å². The highest BCUT2D eigenvalue weighted by Crippen LogP contribution is 2.33. The summed E-state index contributed by atoms with van der Waals surface area (Å²) in [5, 5.41) is 1.01. The van der Waals surface area contributed by atoms with Crippen molar-refractivity contribution in [2.75, 3.05) is 0 Å². The summed E-state index contributed by atoms with van der Waals surface area (Å²) in [6.45, 7) is -0.312. The molecule has 24 heavy (non-hydrogen) atoms. The van der Waals surface area contributed by atoms with Gasteiger partial charge in [-0.3, -0.25) is 9.36 Å². The molecule has 0 spiro atoms. The Bertz CT molecular complexity index is 1000. The maximum atomic E-state index is 12.3. The van der Waals surface area contributed by atoms with E-state index in [1.165, 1.54) is 18.5 Å². The fourth-order valence-electron chi connectivity index (χ4n) is 2.10. The van der Waals surface area contributed by atoms with E-state index in [9.17, 15) is 9.59 Å². The van der Waals surface area contributed by atoms with Gasteiger partial charge in [0.15, 0.2) is 5.75 Å². The van der Waals surface area contributed by atoms with Crippen molar-refractivity contribution in [2.24, 2.45) is 0 Å². The molecule has 0 saturated heterocycles. The third-order valence-electron chi connectivity index (χ3n) is 3.23. The summed E-state index contributed by atoms with van der Waals surface area (Å²) in [7, 11) is 0. The second-order valence-electron chi connectivity index (χ2n) is 4.87. The molecule has 1 heterocycles. The van der Waals surface area contributed by atoms with Crippen molar-refractivity contribution in [1.29, 1.82) is 0 Å². The van der Waals surface area contributed by atoms with E-state index in [4.69, 9.17) is 39.5 Å². The highest BCUT2D eigenvalue weighted by atomic mass is 35.5. The number of benzene rings is 2. The predicted molar refractivity (Wildman–Crippen MR) is 93.1 cm³/mol. The topological polar surface area (TPSA) is 61.2 Å². The molecule has 2 aromatic carbocycles. The van der Waals surface area contributed by atoms with Gasteiger partial charge in [0.2, 0.25) is 0 Å². The van der Waals surface area contributed by atoms with Crippen LogP contribution in [0, 0.1) is 0 Å². The van der Waals surface area contributed by atoms with Crippen molar-refractivity contribution >= 4 is 51.7 Å². The number of fused-ring (bicyclic) bond motifs is 1. The summed E-state index contributed by atoms with van der Waals surface area (Å²) in [5.41, 5.74) is 0.220. The van der Waals surface area contributed by atoms with Crippen LogP contribution in [0.15, 0.2) is 47.5 Å². The number of ether oxygens (including phenoxy) is 1. The first-order chi connectivity index (χ1) is 11.5. The Balaban J connectivity index is 1.84. The number of carbonyl (C=O) groups excluding carboxylic acids is 1. The zero-order chi connectivity index (χ0) is 17.3. The lowest BCUT2D eigenvalue weighted by Crippen LogP contribution is -2.26. The average Bonchev–Trinajstić information content (AvgIpc) is 2.55. The number of rotatable bonds is 3. The Kier molecular flexibility index (Phi) is 4.76. The molecule has 0 fully saturated rings. The number of esters is 1. The van der Waals surface area contributed by atoms with Gasteiger partial charge in [-0.25, -0.2) is 9.78 Å². The molecular weight excluding hydrogens is 375 g/mol. The molecule has 1 aromatic heterocycles. The molecule has 122 valence electrons. The second kappa shape index (κ2) is 6.81. The number of para-hydroxylation sites is 1. The van der Waals surface area contributed by atoms with Gasteiger partial charge in [0, 0.05) is 6.07 Å². The van der Waals surface area contributed by atoms with E-state index in [-0.39, 0.29) is 32.9 Å². The minimum absolute atomic E-state index is 0.0675. The molecule has 0 N–H and O–H groups in total. The summed E-state index contributed by atoms with van der Waals surface area (Å²) < 4.78 is 6.31. The van der Waals surface area contributed by atoms with E-state index in [1.807, 2.05) is 0 Å². The fraction of sp³-hybridized carbons (Fsp3) is 0.0625. The molecule has 0 atom stereocenters. The summed E-state index contributed by atoms with van der Waals surface area (Å²) in [4.78, 5) is 28.5. The Morgan fingerprint density at radius 3 is 2.58 bits per heavy atom. The first-order valence-corrected chi connectivity index (χ1v) is 7.88. The van der Waals surface area contributed by atoms with E-state index in [0.29, 0.717) is 10.9 Å². The van der Waals surface area contributed by atoms with Crippen LogP contribution in [-0.2, 0) is 11.3 Å². The zero-order valence-corrected chi connectivity index (χ0v) is 14.3. The minimum atomic E-state index is -0.686. The van der Waals surface area contributed by atoms with E-state index >= 15 is 0 Å². The van der Waals surface area contributed by atoms with Crippen molar-refractivity contribution in [3.63, 3.8) is 0 Å². The molecule has 0 saturated carbocycles. The van der Waals surface area contributed by atoms with Gasteiger partial charge in [-0.2, -0.15) is 0 Å². The molecule has 0 aliphatic heterocycles. The lowest BCUT2D eigenvalue weighted by molar-refractivity contribution is -0.135. The van der Waals surface area contributed by atoms with Crippen LogP contribution in [0.1, 0.15) is 0 Å². The van der Waals surface area contributed by atoms with Crippen molar-refractivity contribution in [1.82, 2.24) is 9.55 Å². The molecule has 0 aliphatic carbocycles. The molecule has 0 bridgehead atoms. The van der Waals surface area contributed by atoms with Crippen molar-refractivity contribution in [3.8, 4) is 5.75 Å². The smallest absolute Gasteiger partial charge is 0.331 e. The number of hydrogen-bond acceptors (Lipinski definition) is 4. The van der Waals surface area contributed by atoms with Crippen LogP contribution in [0.25, 0.3) is 10.9 Å². The lowest BCUT2D eigenvalue weighted by Gasteiger charge is -2.09. The molecule has 0 radical (unpaired) electrons. The monoisotopic (exact) mass is 382 g/mol. The molecule has 0 amide bonds. The number of halogens is 3. The van der Waals surface area contributed by atoms with Gasteiger partial charge in [-0.1, -0.05) is 46.9 Å². The summed E-state index contributed by atoms with van der Waals surface area (Å²) in [6, 6.07) is 9.57. The summed E-state index contributed by atoms with van der Waals surface area (Å²) >= 11 is 17.6. The van der Waals surface area contributed by atoms with E-state index in [2.05, 4.69) is 4.98 Å². The van der Waals surface area contributed by atoms with Gasteiger partial charge < -0.3 is 4.74 Å². The fourth-order valence-corrected chi connectivity index (χ4v) is 2.67. The predicted octanol–water partition coefficient (Wildman–Crippen LogP) is 3.96. The average molecular weight is 384 g/mol. The Morgan fingerprint density at radius 2 is 1.79 bits per heavy atom. The molecule has 8 heteroatoms. The Labute approximate surface area is 151 Å². The maximum absolute atomic E-state index is 12.3. The van der Waals surface area contributed by atoms with Crippen LogP contribution >= 0.6 is 34.8 Å². The summed E-state index contributed by atoms with van der Waals surface area (Å²) in [5.74, 6) is -0.618. The van der Waals surface area contributed by atoms with Gasteiger partial charge in [-0.15, -0.1) is 0 Å². The molecule has 3 aromatic rings. The van der Waals surface area contributed by atoms with Crippen LogP contribution in [0.2, 0.25) is 15.1 Å². The van der Waals surface area contributed by atoms with Gasteiger partial charge in [0.1, 0.15) is 6.54 Å². The highest BCUT2D eigenvalue weighted by Gasteiger charge is 2.13. The van der Waals surface area contributed by atoms with Crippen LogP contribution in [0.5, 0.6) is 5.75 Å². The van der Waals surface area contributed by atoms with Crippen LogP contribution in [0.3, 0.4) is 0 Å². The molecule has 0 aliphatic rings. The van der Waals surface area contributed by atoms with Gasteiger partial charge in [-0.05, 0) is 18.2 Å². The Hall–Kier alpha value is -2.08. The molecule has 5 nitrogen and oxygen atoms in total. The third kappa shape index (κ3) is 3.38. The SMILES string of the molecule is O=C(Cn1cnc2ccccc2c1=O)Oc1cc(Cl)c(Cl)cc1Cl. The van der Waals surface area contributed by atoms with E-state index < -0.39 is 5.97 Å². The van der Waals surface area contributed by atoms with Crippen LogP contribution in [-0.4, -0.2) is 15.5 Å². The number of carbonyl (C=O) groups is 1. The van der Waals surface area contributed by atoms with Crippen molar-refractivity contribution in [2.45, 2.75) is 6.54 Å². The largest absolute Gasteiger partial charge is 0.424 e. The van der Waals surface area contributed by atoms with Gasteiger partial charge >= 0.3 is 5.97 Å². The van der Waals surface area contributed by atoms with Gasteiger partial charge in [0.05, 0.1) is 32.3 Å². The zero-order valence-electron chi connectivity index (χ0n) is 12.0. The highest BCUT2D eigenvalue weighted by molar-refractivity contribution is 6.43. The molecule has 3 rings (SSSR count). The Morgan fingerprint density at radius 1 is 1.08 bits per heavy atom. The quantitative estimate of drug-likeness (QED) is 0.390. The molecule has 0 unspecified atom stereocenters. The third-order valence-corrected chi connectivity index (χ3v) is 4.25. The number of nitrogens with zero attached hydrogens (tertiary/aromatic N) is 2.